The number of unbranched alkanes of at least 4 members (excludes halogenated alkanes) is 9. The van der Waals surface area contributed by atoms with Crippen LogP contribution in [0.5, 0.6) is 0 Å². The fourth-order valence-electron chi connectivity index (χ4n) is 4.69. The predicted octanol–water partition coefficient (Wildman–Crippen LogP) is -5.01. The third-order valence-corrected chi connectivity index (χ3v) is 8.79. The molecule has 0 aromatic carbocycles. The average Bonchev–Trinajstić information content (AvgIpc) is 3.18. The molecule has 7 atom stereocenters. The van der Waals surface area contributed by atoms with Gasteiger partial charge in [0.15, 0.2) is 12.2 Å². The van der Waals surface area contributed by atoms with Crippen molar-refractivity contribution < 1.29 is 147 Å². The van der Waals surface area contributed by atoms with Crippen LogP contribution in [0, 0.1) is 17.8 Å². The molecule has 0 aromatic heterocycles. The summed E-state index contributed by atoms with van der Waals surface area (Å²) in [6.07, 6.45) is 8.48. The number of rotatable bonds is 20. The number of hydrogen-bond donors (Lipinski definition) is 18. The average molecular weight is 1010 g/mol. The molecular formula is C36H81Na2O24PS. The summed E-state index contributed by atoms with van der Waals surface area (Å²) in [6.45, 7) is 8.87. The first-order valence-electron chi connectivity index (χ1n) is 20.6. The molecule has 1 fully saturated rings. The van der Waals surface area contributed by atoms with Gasteiger partial charge < -0.3 is 86.2 Å². The minimum absolute atomic E-state index is 0. The zero-order chi connectivity index (χ0) is 51.4. The van der Waals surface area contributed by atoms with Crippen molar-refractivity contribution in [3.05, 3.63) is 0 Å². The van der Waals surface area contributed by atoms with E-state index in [1.54, 1.807) is 6.92 Å². The molecule has 1 saturated carbocycles. The Morgan fingerprint density at radius 2 is 1.00 bits per heavy atom. The van der Waals surface area contributed by atoms with Crippen LogP contribution in [0.4, 0.5) is 0 Å². The van der Waals surface area contributed by atoms with Gasteiger partial charge in [0.1, 0.15) is 24.4 Å². The molecule has 1 rings (SSSR count). The van der Waals surface area contributed by atoms with Gasteiger partial charge >= 0.3 is 155 Å². The normalized spacial score (nSPS) is 17.6. The van der Waals surface area contributed by atoms with Crippen LogP contribution >= 0.6 is 7.82 Å². The van der Waals surface area contributed by atoms with Gasteiger partial charge in [-0.1, -0.05) is 27.2 Å². The number of aliphatic hydroxyl groups is 12. The number of hydrogen-bond acceptors (Lipinski definition) is 18. The second kappa shape index (κ2) is 54.4. The van der Waals surface area contributed by atoms with Crippen molar-refractivity contribution in [3.63, 3.8) is 0 Å². The Kier molecular flexibility index (Phi) is 69.2. The Morgan fingerprint density at radius 1 is 0.703 bits per heavy atom. The van der Waals surface area contributed by atoms with Crippen molar-refractivity contribution in [2.45, 2.75) is 164 Å². The minimum atomic E-state index is -4.89. The molecule has 24 nitrogen and oxygen atoms in total. The molecule has 64 heavy (non-hydrogen) atoms. The number of aliphatic hydroxyl groups excluding tert-OH is 12. The second-order valence-corrected chi connectivity index (χ2v) is 17.3. The van der Waals surface area contributed by atoms with Crippen LogP contribution in [0.15, 0.2) is 0 Å². The van der Waals surface area contributed by atoms with Crippen LogP contribution in [0.3, 0.4) is 0 Å². The van der Waals surface area contributed by atoms with Crippen LogP contribution in [0.25, 0.3) is 0 Å². The summed E-state index contributed by atoms with van der Waals surface area (Å²) in [5.74, 6) is -1.59. The topological polar surface area (TPSA) is 473 Å². The Morgan fingerprint density at radius 3 is 1.20 bits per heavy atom. The first-order chi connectivity index (χ1) is 28.8. The predicted molar refractivity (Wildman–Crippen MR) is 228 cm³/mol. The molecular weight excluding hydrogens is 925 g/mol. The van der Waals surface area contributed by atoms with Crippen LogP contribution in [-0.2, 0) is 24.6 Å². The molecule has 1 aliphatic carbocycles. The zero-order valence-electron chi connectivity index (χ0n) is 38.6. The maximum absolute atomic E-state index is 9.77. The number of phosphoric acid groups is 1. The third kappa shape index (κ3) is 76.7. The summed E-state index contributed by atoms with van der Waals surface area (Å²) >= 11 is 1.41. The van der Waals surface area contributed by atoms with Gasteiger partial charge in [-0.15, -0.1) is 0 Å². The molecule has 0 bridgehead atoms. The van der Waals surface area contributed by atoms with E-state index in [1.807, 2.05) is 0 Å². The van der Waals surface area contributed by atoms with Crippen molar-refractivity contribution in [3.8, 4) is 0 Å². The molecule has 0 amide bonds. The second-order valence-electron chi connectivity index (χ2n) is 14.4. The molecule has 0 spiro atoms. The number of aliphatic carboxylic acids is 2. The van der Waals surface area contributed by atoms with Gasteiger partial charge in [0.05, 0.1) is 32.5 Å². The van der Waals surface area contributed by atoms with Gasteiger partial charge in [-0.2, -0.15) is 8.42 Å². The van der Waals surface area contributed by atoms with Crippen molar-refractivity contribution in [2.24, 2.45) is 17.8 Å². The Balaban J connectivity index is -0.0000000962. The van der Waals surface area contributed by atoms with Crippen LogP contribution in [0.1, 0.15) is 118 Å². The third-order valence-electron chi connectivity index (χ3n) is 8.08. The van der Waals surface area contributed by atoms with E-state index in [0.717, 1.165) is 12.3 Å². The van der Waals surface area contributed by atoms with E-state index >= 15 is 0 Å². The molecule has 18 N–H and O–H groups in total. The Labute approximate surface area is 418 Å². The molecule has 0 aromatic rings. The van der Waals surface area contributed by atoms with Crippen LogP contribution in [0.2, 0.25) is 3.67 Å². The molecule has 28 heteroatoms. The monoisotopic (exact) mass is 1010 g/mol. The summed E-state index contributed by atoms with van der Waals surface area (Å²) in [5.41, 5.74) is 0. The fraction of sp³-hybridized carbons (Fsp3) is 0.944. The molecule has 0 radical (unpaired) electrons. The van der Waals surface area contributed by atoms with Crippen LogP contribution in [-0.4, -0.2) is 214 Å². The van der Waals surface area contributed by atoms with E-state index < -0.39 is 80.0 Å². The Hall–Kier alpha value is 0.440. The summed E-state index contributed by atoms with van der Waals surface area (Å²) in [7, 11) is -9.56. The first-order valence-corrected chi connectivity index (χ1v) is 24.9. The van der Waals surface area contributed by atoms with Crippen molar-refractivity contribution in [1.82, 2.24) is 0 Å². The largest absolute Gasteiger partial charge is 1.00 e. The quantitative estimate of drug-likeness (QED) is 0.0235. The van der Waals surface area contributed by atoms with Crippen molar-refractivity contribution in [2.75, 3.05) is 33.0 Å². The Bertz CT molecular complexity index is 1080. The minimum Gasteiger partial charge on any atom is -0.756 e. The standard InChI is InChI=1S/C12H25.C10H20O.C5H12O5.C4H6O6.C3H8O3.C2H6O.2Na.H3O4P.H2O4S/c1-3-5-7-9-11-12-10-8-6-4-2;1-7(2)9-5-4-8(3)6-10(9)11;6-1-3(8)5(10)4(9)2-7;5-1(3(7)8)2(6)4(9)10;4-1-3(6)2-5;1-2-3;;;2*1-5(2,3)4/h1,3-12H2,2H3;7-11H,4-6H2,1-3H3;3-10H,1-2H2;1-2,5-6H,(H,7,8)(H,9,10);3-6H,1-2H2;3H,2H2,1H3;;;(H3,1,2,3,4);(H2,1,2,3,4)/q;;;;;;;+1;;/p-1. The number of carboxylic acid groups (broad SMARTS) is 2. The van der Waals surface area contributed by atoms with Gasteiger partial charge in [-0.25, -0.2) is 9.59 Å². The van der Waals surface area contributed by atoms with Gasteiger partial charge in [-0.05, 0) is 37.5 Å². The number of carboxylic acids is 2. The van der Waals surface area contributed by atoms with E-state index in [-0.39, 0.29) is 55.5 Å². The fourth-order valence-corrected chi connectivity index (χ4v) is 5.19. The van der Waals surface area contributed by atoms with Gasteiger partial charge in [-0.3, -0.25) is 13.7 Å². The maximum atomic E-state index is 9.77. The molecule has 382 valence electrons. The number of carbonyl (C=O) groups is 2. The van der Waals surface area contributed by atoms with E-state index in [9.17, 15) is 14.7 Å². The van der Waals surface area contributed by atoms with Gasteiger partial charge in [0, 0.05) is 6.61 Å². The van der Waals surface area contributed by atoms with Gasteiger partial charge in [0.2, 0.25) is 0 Å². The van der Waals surface area contributed by atoms with Crippen molar-refractivity contribution in [1.29, 1.82) is 0 Å². The van der Waals surface area contributed by atoms with Crippen LogP contribution < -0.4 is 34.5 Å². The molecule has 0 heterocycles. The summed E-state index contributed by atoms with van der Waals surface area (Å²) in [5, 5.41) is 116. The van der Waals surface area contributed by atoms with E-state index in [2.05, 4.69) is 27.7 Å². The molecule has 1 aliphatic rings. The summed E-state index contributed by atoms with van der Waals surface area (Å²) in [6, 6.07) is 0. The van der Waals surface area contributed by atoms with E-state index in [4.69, 9.17) is 103 Å². The molecule has 0 saturated heterocycles. The zero-order valence-corrected chi connectivity index (χ0v) is 44.3. The van der Waals surface area contributed by atoms with E-state index in [1.165, 1.54) is 109 Å². The molecule has 7 unspecified atom stereocenters. The molecule has 0 aliphatic heterocycles. The van der Waals surface area contributed by atoms with Crippen molar-refractivity contribution >= 4 is 58.1 Å². The van der Waals surface area contributed by atoms with Gasteiger partial charge in [0.25, 0.3) is 7.82 Å². The summed E-state index contributed by atoms with van der Waals surface area (Å²) < 4.78 is 41.9. The smallest absolute Gasteiger partial charge is 0.756 e. The maximum Gasteiger partial charge on any atom is 1.00 e. The SMILES string of the molecule is CC1CCC(C(C)C)C(O)C1.CCCCCCCCCCC[CH2][Na].CCO.O=C(O)C(O)C(O)C(=O)O.O=P([O-])(O)O.O=S(=O)(O)O.OCC(O)C(O)C(O)CO.OCC(O)CO.[Na+]. The van der Waals surface area contributed by atoms with E-state index in [0.29, 0.717) is 11.8 Å². The summed E-state index contributed by atoms with van der Waals surface area (Å²) in [4.78, 5) is 42.5. The first kappa shape index (κ1) is 81.4.